The highest BCUT2D eigenvalue weighted by Crippen LogP contribution is 2.41. The van der Waals surface area contributed by atoms with Gasteiger partial charge in [-0.15, -0.1) is 10.2 Å². The summed E-state index contributed by atoms with van der Waals surface area (Å²) in [6.45, 7) is 0. The molecule has 5 aromatic carbocycles. The summed E-state index contributed by atoms with van der Waals surface area (Å²) in [7, 11) is 0. The fourth-order valence-corrected chi connectivity index (χ4v) is 7.91. The van der Waals surface area contributed by atoms with E-state index in [4.69, 9.17) is 69.6 Å². The SMILES string of the molecule is O=C(NC1=NN(c2c(Cl)cc(Cl)cc2Cl)C(=O)/C1=C\c1ccc(/C=C2\C(=O)N(c3c(Cl)cc(Cl)cc3Cl)N=C2NC(=O)c2cccc([N+](=O)[O-])c2)cc1)c1cccc([N+](=O)[O-])c1. The Balaban J connectivity index is 1.24. The molecule has 0 spiro atoms. The van der Waals surface area contributed by atoms with Gasteiger partial charge < -0.3 is 10.6 Å². The Morgan fingerprint density at radius 2 is 0.887 bits per heavy atom. The van der Waals surface area contributed by atoms with Gasteiger partial charge in [-0.25, -0.2) is 0 Å². The highest BCUT2D eigenvalue weighted by molar-refractivity contribution is 6.45. The normalized spacial score (nSPS) is 14.9. The van der Waals surface area contributed by atoms with Gasteiger partial charge in [0.2, 0.25) is 0 Å². The van der Waals surface area contributed by atoms with Gasteiger partial charge >= 0.3 is 0 Å². The molecule has 0 fully saturated rings. The standard InChI is InChI=1S/C40H20Cl6N8O8/c41-23-15-29(43)33(30(44)16-23)51-39(57)27(35(49-51)47-37(55)21-3-1-5-25(13-21)53(59)60)11-19-7-9-20(10-8-19)12-28-36(48-38(56)22-4-2-6-26(14-22)54(61)62)50-52(40(28)58)34-31(45)17-24(42)18-32(34)46/h1-18H,(H,47,49,55)(H,48,50,56)/b27-11-,28-12-. The summed E-state index contributed by atoms with van der Waals surface area (Å²) >= 11 is 37.9. The van der Waals surface area contributed by atoms with Gasteiger partial charge in [-0.3, -0.25) is 39.4 Å². The van der Waals surface area contributed by atoms with Crippen LogP contribution in [0.3, 0.4) is 0 Å². The molecule has 0 radical (unpaired) electrons. The van der Waals surface area contributed by atoms with Gasteiger partial charge in [-0.2, -0.15) is 10.0 Å². The van der Waals surface area contributed by atoms with Crippen LogP contribution in [-0.2, 0) is 9.59 Å². The lowest BCUT2D eigenvalue weighted by atomic mass is 10.0. The lowest BCUT2D eigenvalue weighted by Gasteiger charge is -2.15. The Morgan fingerprint density at radius 1 is 0.548 bits per heavy atom. The number of halogens is 6. The molecule has 0 saturated heterocycles. The van der Waals surface area contributed by atoms with E-state index in [1.807, 2.05) is 0 Å². The largest absolute Gasteiger partial charge is 0.304 e. The van der Waals surface area contributed by atoms with Crippen LogP contribution < -0.4 is 20.7 Å². The molecule has 0 bridgehead atoms. The summed E-state index contributed by atoms with van der Waals surface area (Å²) in [4.78, 5) is 76.1. The number of rotatable bonds is 8. The summed E-state index contributed by atoms with van der Waals surface area (Å²) in [6.07, 6.45) is 2.78. The first kappa shape index (κ1) is 43.4. The number of anilines is 2. The molecule has 4 amide bonds. The Labute approximate surface area is 378 Å². The molecular formula is C40H20Cl6N8O8. The maximum Gasteiger partial charge on any atom is 0.282 e. The fraction of sp³-hybridized carbons (Fsp3) is 0. The van der Waals surface area contributed by atoms with E-state index in [2.05, 4.69) is 20.8 Å². The first-order valence-electron chi connectivity index (χ1n) is 17.3. The molecular weight excluding hydrogens is 933 g/mol. The van der Waals surface area contributed by atoms with Crippen LogP contribution in [0.25, 0.3) is 12.2 Å². The number of nitro benzene ring substituents is 2. The Hall–Kier alpha value is -6.66. The second-order valence-electron chi connectivity index (χ2n) is 12.9. The van der Waals surface area contributed by atoms with Crippen LogP contribution in [0.15, 0.2) is 118 Å². The summed E-state index contributed by atoms with van der Waals surface area (Å²) in [5.74, 6) is -3.70. The molecule has 5 aromatic rings. The highest BCUT2D eigenvalue weighted by atomic mass is 35.5. The molecule has 0 saturated carbocycles. The third-order valence-corrected chi connectivity index (χ3v) is 10.4. The average molecular weight is 953 g/mol. The second kappa shape index (κ2) is 17.7. The molecule has 0 unspecified atom stereocenters. The molecule has 0 atom stereocenters. The van der Waals surface area contributed by atoms with Crippen molar-refractivity contribution in [3.05, 3.63) is 181 Å². The van der Waals surface area contributed by atoms with E-state index in [1.165, 1.54) is 72.8 Å². The fourth-order valence-electron chi connectivity index (χ4n) is 5.95. The molecule has 7 rings (SSSR count). The Kier molecular flexibility index (Phi) is 12.4. The van der Waals surface area contributed by atoms with Crippen LogP contribution >= 0.6 is 69.6 Å². The van der Waals surface area contributed by atoms with Crippen LogP contribution in [-0.4, -0.2) is 45.1 Å². The Morgan fingerprint density at radius 3 is 1.21 bits per heavy atom. The Bertz CT molecular complexity index is 2700. The summed E-state index contributed by atoms with van der Waals surface area (Å²) in [5.41, 5.74) is -0.492. The average Bonchev–Trinajstić information content (AvgIpc) is 3.67. The molecule has 22 heteroatoms. The van der Waals surface area contributed by atoms with Crippen molar-refractivity contribution in [3.8, 4) is 0 Å². The molecule has 0 aliphatic carbocycles. The number of carbonyl (C=O) groups excluding carboxylic acids is 4. The van der Waals surface area contributed by atoms with E-state index in [0.717, 1.165) is 22.2 Å². The number of hydrogen-bond donors (Lipinski definition) is 2. The van der Waals surface area contributed by atoms with Gasteiger partial charge in [0.05, 0.1) is 41.1 Å². The second-order valence-corrected chi connectivity index (χ2v) is 15.4. The number of amides is 4. The van der Waals surface area contributed by atoms with Crippen LogP contribution in [0, 0.1) is 20.2 Å². The van der Waals surface area contributed by atoms with E-state index in [-0.39, 0.29) is 86.8 Å². The summed E-state index contributed by atoms with van der Waals surface area (Å²) < 4.78 is 0. The van der Waals surface area contributed by atoms with E-state index in [1.54, 1.807) is 24.3 Å². The lowest BCUT2D eigenvalue weighted by molar-refractivity contribution is -0.385. The molecule has 310 valence electrons. The van der Waals surface area contributed by atoms with E-state index < -0.39 is 33.5 Å². The number of hydrazone groups is 2. The molecule has 2 heterocycles. The van der Waals surface area contributed by atoms with Crippen molar-refractivity contribution in [3.63, 3.8) is 0 Å². The third-order valence-electron chi connectivity index (χ3n) is 8.80. The molecule has 62 heavy (non-hydrogen) atoms. The topological polar surface area (TPSA) is 210 Å². The van der Waals surface area contributed by atoms with Crippen LogP contribution in [0.4, 0.5) is 22.7 Å². The number of nitro groups is 2. The summed E-state index contributed by atoms with van der Waals surface area (Å²) in [5, 5.41) is 38.4. The lowest BCUT2D eigenvalue weighted by Crippen LogP contribution is -2.31. The van der Waals surface area contributed by atoms with Crippen LogP contribution in [0.2, 0.25) is 30.1 Å². The van der Waals surface area contributed by atoms with Crippen molar-refractivity contribution in [2.75, 3.05) is 10.0 Å². The van der Waals surface area contributed by atoms with Gasteiger partial charge in [-0.1, -0.05) is 106 Å². The van der Waals surface area contributed by atoms with Gasteiger partial charge in [0.15, 0.2) is 11.7 Å². The van der Waals surface area contributed by atoms with Crippen molar-refractivity contribution in [2.45, 2.75) is 0 Å². The zero-order valence-electron chi connectivity index (χ0n) is 30.6. The van der Waals surface area contributed by atoms with E-state index in [9.17, 15) is 39.4 Å². The van der Waals surface area contributed by atoms with Gasteiger partial charge in [0.25, 0.3) is 35.0 Å². The molecule has 2 aliphatic heterocycles. The van der Waals surface area contributed by atoms with Gasteiger partial charge in [0.1, 0.15) is 11.4 Å². The van der Waals surface area contributed by atoms with Gasteiger partial charge in [0, 0.05) is 45.4 Å². The molecule has 2 aliphatic rings. The zero-order valence-corrected chi connectivity index (χ0v) is 35.1. The van der Waals surface area contributed by atoms with E-state index >= 15 is 0 Å². The number of carbonyl (C=O) groups is 4. The minimum absolute atomic E-state index is 0.0348. The maximum absolute atomic E-state index is 14.0. The quantitative estimate of drug-likeness (QED) is 0.0867. The number of amidine groups is 2. The minimum Gasteiger partial charge on any atom is -0.304 e. The number of nitrogens with one attached hydrogen (secondary N) is 2. The van der Waals surface area contributed by atoms with E-state index in [0.29, 0.717) is 11.1 Å². The summed E-state index contributed by atoms with van der Waals surface area (Å²) in [6, 6.07) is 21.4. The highest BCUT2D eigenvalue weighted by Gasteiger charge is 2.37. The van der Waals surface area contributed by atoms with Crippen molar-refractivity contribution in [1.82, 2.24) is 10.6 Å². The first-order valence-corrected chi connectivity index (χ1v) is 19.6. The number of benzene rings is 5. The predicted molar refractivity (Wildman–Crippen MR) is 236 cm³/mol. The molecule has 2 N–H and O–H groups in total. The van der Waals surface area contributed by atoms with Crippen molar-refractivity contribution < 1.29 is 29.0 Å². The van der Waals surface area contributed by atoms with Crippen LogP contribution in [0.1, 0.15) is 31.8 Å². The van der Waals surface area contributed by atoms with Crippen molar-refractivity contribution >= 4 is 140 Å². The maximum atomic E-state index is 14.0. The third kappa shape index (κ3) is 9.01. The zero-order chi connectivity index (χ0) is 44.6. The van der Waals surface area contributed by atoms with Crippen molar-refractivity contribution in [2.24, 2.45) is 10.2 Å². The smallest absolute Gasteiger partial charge is 0.282 e. The monoisotopic (exact) mass is 950 g/mol. The number of non-ortho nitro benzene ring substituents is 2. The van der Waals surface area contributed by atoms with Crippen molar-refractivity contribution in [1.29, 1.82) is 0 Å². The number of nitrogens with zero attached hydrogens (tertiary/aromatic N) is 6. The predicted octanol–water partition coefficient (Wildman–Crippen LogP) is 9.77. The minimum atomic E-state index is -0.824. The first-order chi connectivity index (χ1) is 29.5. The molecule has 16 nitrogen and oxygen atoms in total. The molecule has 0 aromatic heterocycles. The number of hydrogen-bond acceptors (Lipinski definition) is 10. The van der Waals surface area contributed by atoms with Crippen LogP contribution in [0.5, 0.6) is 0 Å². The van der Waals surface area contributed by atoms with Gasteiger partial charge in [-0.05, 0) is 59.7 Å².